The highest BCUT2D eigenvalue weighted by Gasteiger charge is 2.09. The molecule has 0 aliphatic carbocycles. The zero-order valence-corrected chi connectivity index (χ0v) is 8.33. The Bertz CT molecular complexity index is 308. The smallest absolute Gasteiger partial charge is 0.252 e. The predicted octanol–water partition coefficient (Wildman–Crippen LogP) is 3.34. The number of carbonyl (C=O) groups is 1. The topological polar surface area (TPSA) is 17.1 Å². The Morgan fingerprint density at radius 1 is 1.25 bits per heavy atom. The van der Waals surface area contributed by atoms with Gasteiger partial charge < -0.3 is 0 Å². The summed E-state index contributed by atoms with van der Waals surface area (Å²) in [7, 11) is 0. The lowest BCUT2D eigenvalue weighted by Crippen LogP contribution is -1.97. The average Bonchev–Trinajstić information content (AvgIpc) is 1.82. The minimum absolute atomic E-state index is 0.429. The third kappa shape index (κ3) is 1.79. The van der Waals surface area contributed by atoms with Gasteiger partial charge in [0.15, 0.2) is 0 Å². The van der Waals surface area contributed by atoms with Gasteiger partial charge in [-0.1, -0.05) is 11.6 Å². The van der Waals surface area contributed by atoms with Crippen molar-refractivity contribution < 1.29 is 4.79 Å². The Balaban J connectivity index is 3.38. The van der Waals surface area contributed by atoms with Crippen molar-refractivity contribution in [2.24, 2.45) is 0 Å². The number of carbonyl (C=O) groups excluding carboxylic acids is 1. The molecule has 0 aliphatic heterocycles. The highest BCUT2D eigenvalue weighted by atomic mass is 35.5. The van der Waals surface area contributed by atoms with Gasteiger partial charge in [0.25, 0.3) is 5.24 Å². The molecular formula is C9H8Cl2O. The normalized spacial score (nSPS) is 10.0. The Morgan fingerprint density at radius 2 is 1.67 bits per heavy atom. The monoisotopic (exact) mass is 202 g/mol. The number of aryl methyl sites for hydroxylation is 2. The quantitative estimate of drug-likeness (QED) is 0.639. The molecule has 0 saturated heterocycles. The van der Waals surface area contributed by atoms with Crippen molar-refractivity contribution in [1.29, 1.82) is 0 Å². The van der Waals surface area contributed by atoms with Crippen LogP contribution in [0.15, 0.2) is 12.1 Å². The standard InChI is InChI=1S/C9H8Cl2O/c1-5-3-7(10)4-6(2)8(5)9(11)12/h3-4H,1-2H3. The zero-order valence-electron chi connectivity index (χ0n) is 6.82. The number of halogens is 2. The highest BCUT2D eigenvalue weighted by Crippen LogP contribution is 2.21. The van der Waals surface area contributed by atoms with Crippen molar-refractivity contribution in [3.63, 3.8) is 0 Å². The molecule has 0 bridgehead atoms. The summed E-state index contributed by atoms with van der Waals surface area (Å²) in [6.07, 6.45) is 0. The van der Waals surface area contributed by atoms with E-state index < -0.39 is 5.24 Å². The maximum absolute atomic E-state index is 10.9. The summed E-state index contributed by atoms with van der Waals surface area (Å²) in [5, 5.41) is 0.202. The van der Waals surface area contributed by atoms with E-state index in [4.69, 9.17) is 23.2 Å². The van der Waals surface area contributed by atoms with E-state index in [1.54, 1.807) is 12.1 Å². The van der Waals surface area contributed by atoms with Gasteiger partial charge in [-0.25, -0.2) is 0 Å². The molecule has 1 aromatic carbocycles. The fourth-order valence-corrected chi connectivity index (χ4v) is 1.85. The van der Waals surface area contributed by atoms with E-state index in [2.05, 4.69) is 0 Å². The van der Waals surface area contributed by atoms with Gasteiger partial charge in [0, 0.05) is 10.6 Å². The fraction of sp³-hybridized carbons (Fsp3) is 0.222. The van der Waals surface area contributed by atoms with Crippen LogP contribution in [0.2, 0.25) is 5.02 Å². The second-order valence-corrected chi connectivity index (χ2v) is 3.47. The second kappa shape index (κ2) is 3.46. The predicted molar refractivity (Wildman–Crippen MR) is 51.1 cm³/mol. The van der Waals surface area contributed by atoms with Gasteiger partial charge >= 0.3 is 0 Å². The van der Waals surface area contributed by atoms with Crippen molar-refractivity contribution >= 4 is 28.4 Å². The molecule has 0 spiro atoms. The van der Waals surface area contributed by atoms with Crippen LogP contribution in [0.1, 0.15) is 21.5 Å². The molecular weight excluding hydrogens is 195 g/mol. The first-order chi connectivity index (χ1) is 5.52. The van der Waals surface area contributed by atoms with Crippen LogP contribution in [0, 0.1) is 13.8 Å². The highest BCUT2D eigenvalue weighted by molar-refractivity contribution is 6.68. The molecule has 0 amide bonds. The number of benzene rings is 1. The molecule has 0 unspecified atom stereocenters. The van der Waals surface area contributed by atoms with E-state index in [0.717, 1.165) is 11.1 Å². The Labute approximate surface area is 81.3 Å². The summed E-state index contributed by atoms with van der Waals surface area (Å²) >= 11 is 11.2. The lowest BCUT2D eigenvalue weighted by Gasteiger charge is -2.04. The Kier molecular flexibility index (Phi) is 2.76. The molecule has 0 aliphatic rings. The SMILES string of the molecule is Cc1cc(Cl)cc(C)c1C(=O)Cl. The van der Waals surface area contributed by atoms with Crippen molar-refractivity contribution in [2.75, 3.05) is 0 Å². The lowest BCUT2D eigenvalue weighted by molar-refractivity contribution is 0.108. The van der Waals surface area contributed by atoms with Crippen LogP contribution >= 0.6 is 23.2 Å². The van der Waals surface area contributed by atoms with Crippen LogP contribution in [0.4, 0.5) is 0 Å². The van der Waals surface area contributed by atoms with E-state index in [0.29, 0.717) is 10.6 Å². The third-order valence-electron chi connectivity index (χ3n) is 1.69. The van der Waals surface area contributed by atoms with Crippen LogP contribution in [-0.4, -0.2) is 5.24 Å². The van der Waals surface area contributed by atoms with Gasteiger partial charge in [0.1, 0.15) is 0 Å². The van der Waals surface area contributed by atoms with E-state index in [-0.39, 0.29) is 0 Å². The lowest BCUT2D eigenvalue weighted by atomic mass is 10.0. The molecule has 0 saturated carbocycles. The van der Waals surface area contributed by atoms with Gasteiger partial charge in [-0.3, -0.25) is 4.79 Å². The maximum Gasteiger partial charge on any atom is 0.252 e. The third-order valence-corrected chi connectivity index (χ3v) is 2.10. The van der Waals surface area contributed by atoms with Crippen LogP contribution in [0.5, 0.6) is 0 Å². The van der Waals surface area contributed by atoms with E-state index in [1.165, 1.54) is 0 Å². The van der Waals surface area contributed by atoms with Gasteiger partial charge in [-0.05, 0) is 48.7 Å². The minimum Gasteiger partial charge on any atom is -0.276 e. The molecule has 0 aromatic heterocycles. The molecule has 1 aromatic rings. The molecule has 3 heteroatoms. The molecule has 0 N–H and O–H groups in total. The van der Waals surface area contributed by atoms with Crippen LogP contribution in [-0.2, 0) is 0 Å². The molecule has 0 fully saturated rings. The number of hydrogen-bond donors (Lipinski definition) is 0. The Hall–Kier alpha value is -0.530. The zero-order chi connectivity index (χ0) is 9.30. The summed E-state index contributed by atoms with van der Waals surface area (Å²) in [6.45, 7) is 3.63. The van der Waals surface area contributed by atoms with Gasteiger partial charge in [0.05, 0.1) is 0 Å². The molecule has 12 heavy (non-hydrogen) atoms. The summed E-state index contributed by atoms with van der Waals surface area (Å²) in [6, 6.07) is 3.45. The second-order valence-electron chi connectivity index (χ2n) is 2.69. The molecule has 64 valence electrons. The largest absolute Gasteiger partial charge is 0.276 e. The molecule has 0 heterocycles. The van der Waals surface area contributed by atoms with Gasteiger partial charge in [-0.2, -0.15) is 0 Å². The Morgan fingerprint density at radius 3 is 2.00 bits per heavy atom. The van der Waals surface area contributed by atoms with E-state index >= 15 is 0 Å². The van der Waals surface area contributed by atoms with Gasteiger partial charge in [-0.15, -0.1) is 0 Å². The van der Waals surface area contributed by atoms with Crippen LogP contribution in [0.25, 0.3) is 0 Å². The first-order valence-electron chi connectivity index (χ1n) is 3.49. The van der Waals surface area contributed by atoms with E-state index in [9.17, 15) is 4.79 Å². The van der Waals surface area contributed by atoms with Crippen LogP contribution in [0.3, 0.4) is 0 Å². The molecule has 0 atom stereocenters. The summed E-state index contributed by atoms with van der Waals surface area (Å²) < 4.78 is 0. The number of hydrogen-bond acceptors (Lipinski definition) is 1. The van der Waals surface area contributed by atoms with Crippen molar-refractivity contribution in [3.05, 3.63) is 33.8 Å². The van der Waals surface area contributed by atoms with Crippen molar-refractivity contribution in [3.8, 4) is 0 Å². The van der Waals surface area contributed by atoms with Crippen LogP contribution < -0.4 is 0 Å². The molecule has 1 rings (SSSR count). The van der Waals surface area contributed by atoms with E-state index in [1.807, 2.05) is 13.8 Å². The maximum atomic E-state index is 10.9. The first kappa shape index (κ1) is 9.56. The first-order valence-corrected chi connectivity index (χ1v) is 4.24. The summed E-state index contributed by atoms with van der Waals surface area (Å²) in [5.41, 5.74) is 2.20. The van der Waals surface area contributed by atoms with Crippen molar-refractivity contribution in [2.45, 2.75) is 13.8 Å². The van der Waals surface area contributed by atoms with Gasteiger partial charge in [0.2, 0.25) is 0 Å². The average molecular weight is 203 g/mol. The summed E-state index contributed by atoms with van der Waals surface area (Å²) in [4.78, 5) is 10.9. The molecule has 0 radical (unpaired) electrons. The van der Waals surface area contributed by atoms with Crippen molar-refractivity contribution in [1.82, 2.24) is 0 Å². The number of rotatable bonds is 1. The summed E-state index contributed by atoms with van der Waals surface area (Å²) in [5.74, 6) is 0. The minimum atomic E-state index is -0.429. The molecule has 1 nitrogen and oxygen atoms in total. The fourth-order valence-electron chi connectivity index (χ4n) is 1.22.